The molecule has 0 fully saturated rings. The highest BCUT2D eigenvalue weighted by Crippen LogP contribution is 2.12. The predicted octanol–water partition coefficient (Wildman–Crippen LogP) is 1.19. The van der Waals surface area contributed by atoms with Crippen LogP contribution in [0.25, 0.3) is 0 Å². The van der Waals surface area contributed by atoms with Crippen LogP contribution in [0.4, 0.5) is 0 Å². The Morgan fingerprint density at radius 3 is 2.33 bits per heavy atom. The molecule has 0 amide bonds. The molecule has 4 heteroatoms. The van der Waals surface area contributed by atoms with Gasteiger partial charge in [-0.1, -0.05) is 20.8 Å². The van der Waals surface area contributed by atoms with Crippen LogP contribution in [0, 0.1) is 5.92 Å². The number of hydrogen-bond donors (Lipinski definition) is 2. The highest BCUT2D eigenvalue weighted by molar-refractivity contribution is 5.69. The van der Waals surface area contributed by atoms with E-state index in [2.05, 4.69) is 0 Å². The van der Waals surface area contributed by atoms with Crippen molar-refractivity contribution in [2.45, 2.75) is 39.7 Å². The Kier molecular flexibility index (Phi) is 5.83. The van der Waals surface area contributed by atoms with Gasteiger partial charge in [0.25, 0.3) is 0 Å². The van der Waals surface area contributed by atoms with Crippen molar-refractivity contribution in [2.75, 3.05) is 19.6 Å². The van der Waals surface area contributed by atoms with Crippen LogP contribution in [0.3, 0.4) is 0 Å². The second-order valence-corrected chi connectivity index (χ2v) is 4.81. The van der Waals surface area contributed by atoms with Gasteiger partial charge in [0, 0.05) is 13.1 Å². The molecule has 0 heterocycles. The zero-order chi connectivity index (χ0) is 12.1. The van der Waals surface area contributed by atoms with Crippen molar-refractivity contribution in [3.63, 3.8) is 0 Å². The van der Waals surface area contributed by atoms with Crippen molar-refractivity contribution in [3.05, 3.63) is 0 Å². The molecule has 0 aromatic heterocycles. The summed E-state index contributed by atoms with van der Waals surface area (Å²) in [5.74, 6) is -0.445. The minimum Gasteiger partial charge on any atom is -0.480 e. The van der Waals surface area contributed by atoms with Gasteiger partial charge < -0.3 is 10.2 Å². The summed E-state index contributed by atoms with van der Waals surface area (Å²) in [5, 5.41) is 18.6. The van der Waals surface area contributed by atoms with Gasteiger partial charge in [0.2, 0.25) is 0 Å². The summed E-state index contributed by atoms with van der Waals surface area (Å²) >= 11 is 0. The third-order valence-corrected chi connectivity index (χ3v) is 2.31. The van der Waals surface area contributed by atoms with Gasteiger partial charge in [-0.2, -0.15) is 0 Å². The average molecular weight is 217 g/mol. The van der Waals surface area contributed by atoms with E-state index in [-0.39, 0.29) is 6.54 Å². The maximum Gasteiger partial charge on any atom is 0.317 e. The maximum atomic E-state index is 10.6. The molecule has 0 saturated carbocycles. The normalized spacial score (nSPS) is 15.7. The molecule has 0 saturated heterocycles. The summed E-state index contributed by atoms with van der Waals surface area (Å²) in [6.45, 7) is 8.81. The van der Waals surface area contributed by atoms with E-state index >= 15 is 0 Å². The predicted molar refractivity (Wildman–Crippen MR) is 59.8 cm³/mol. The highest BCUT2D eigenvalue weighted by atomic mass is 16.4. The SMILES string of the molecule is CCC(C)(O)CN(CC(=O)O)CC(C)C. The van der Waals surface area contributed by atoms with E-state index < -0.39 is 11.6 Å². The standard InChI is InChI=1S/C11H23NO3/c1-5-11(4,15)8-12(6-9(2)3)7-10(13)14/h9,15H,5-8H2,1-4H3,(H,13,14). The monoisotopic (exact) mass is 217 g/mol. The lowest BCUT2D eigenvalue weighted by Crippen LogP contribution is -2.44. The molecule has 0 spiro atoms. The molecule has 15 heavy (non-hydrogen) atoms. The Hall–Kier alpha value is -0.610. The van der Waals surface area contributed by atoms with Crippen molar-refractivity contribution >= 4 is 5.97 Å². The zero-order valence-electron chi connectivity index (χ0n) is 10.2. The molecule has 1 unspecified atom stereocenters. The van der Waals surface area contributed by atoms with Crippen LogP contribution in [0.1, 0.15) is 34.1 Å². The van der Waals surface area contributed by atoms with Crippen molar-refractivity contribution in [1.82, 2.24) is 4.90 Å². The van der Waals surface area contributed by atoms with Crippen LogP contribution in [-0.4, -0.2) is 46.3 Å². The summed E-state index contributed by atoms with van der Waals surface area (Å²) in [4.78, 5) is 12.4. The van der Waals surface area contributed by atoms with Gasteiger partial charge in [0.05, 0.1) is 12.1 Å². The number of carboxylic acid groups (broad SMARTS) is 1. The van der Waals surface area contributed by atoms with Gasteiger partial charge in [-0.25, -0.2) is 0 Å². The lowest BCUT2D eigenvalue weighted by atomic mass is 10.0. The summed E-state index contributed by atoms with van der Waals surface area (Å²) in [5.41, 5.74) is -0.801. The van der Waals surface area contributed by atoms with E-state index in [1.54, 1.807) is 11.8 Å². The number of carboxylic acids is 1. The average Bonchev–Trinajstić information content (AvgIpc) is 2.00. The van der Waals surface area contributed by atoms with Crippen molar-refractivity contribution < 1.29 is 15.0 Å². The second kappa shape index (κ2) is 6.08. The highest BCUT2D eigenvalue weighted by Gasteiger charge is 2.23. The summed E-state index contributed by atoms with van der Waals surface area (Å²) in [6, 6.07) is 0. The third-order valence-electron chi connectivity index (χ3n) is 2.31. The molecule has 0 radical (unpaired) electrons. The van der Waals surface area contributed by atoms with E-state index in [0.717, 1.165) is 0 Å². The first-order valence-electron chi connectivity index (χ1n) is 5.43. The van der Waals surface area contributed by atoms with Crippen LogP contribution in [0.5, 0.6) is 0 Å². The number of aliphatic hydroxyl groups is 1. The Morgan fingerprint density at radius 2 is 2.00 bits per heavy atom. The lowest BCUT2D eigenvalue weighted by molar-refractivity contribution is -0.139. The molecule has 1 atom stereocenters. The molecule has 0 aliphatic rings. The Labute approximate surface area is 91.9 Å². The van der Waals surface area contributed by atoms with Crippen LogP contribution in [-0.2, 0) is 4.79 Å². The topological polar surface area (TPSA) is 60.8 Å². The van der Waals surface area contributed by atoms with Crippen LogP contribution < -0.4 is 0 Å². The van der Waals surface area contributed by atoms with Crippen LogP contribution >= 0.6 is 0 Å². The molecule has 0 aliphatic carbocycles. The van der Waals surface area contributed by atoms with Gasteiger partial charge in [-0.05, 0) is 19.3 Å². The molecule has 4 nitrogen and oxygen atoms in total. The largest absolute Gasteiger partial charge is 0.480 e. The van der Waals surface area contributed by atoms with E-state index in [4.69, 9.17) is 5.11 Å². The molecule has 0 aromatic rings. The lowest BCUT2D eigenvalue weighted by Gasteiger charge is -2.30. The molecular weight excluding hydrogens is 194 g/mol. The summed E-state index contributed by atoms with van der Waals surface area (Å²) < 4.78 is 0. The first-order valence-corrected chi connectivity index (χ1v) is 5.43. The quantitative estimate of drug-likeness (QED) is 0.672. The third kappa shape index (κ3) is 7.33. The van der Waals surface area contributed by atoms with Crippen LogP contribution in [0.2, 0.25) is 0 Å². The van der Waals surface area contributed by atoms with Gasteiger partial charge in [-0.3, -0.25) is 9.69 Å². The van der Waals surface area contributed by atoms with E-state index in [0.29, 0.717) is 25.4 Å². The van der Waals surface area contributed by atoms with E-state index in [9.17, 15) is 9.90 Å². The molecule has 0 aliphatic heterocycles. The Balaban J connectivity index is 4.29. The first-order chi connectivity index (χ1) is 6.76. The zero-order valence-corrected chi connectivity index (χ0v) is 10.2. The molecule has 2 N–H and O–H groups in total. The van der Waals surface area contributed by atoms with Gasteiger partial charge >= 0.3 is 5.97 Å². The Bertz CT molecular complexity index is 202. The van der Waals surface area contributed by atoms with E-state index in [1.165, 1.54) is 0 Å². The fourth-order valence-electron chi connectivity index (χ4n) is 1.49. The maximum absolute atomic E-state index is 10.6. The number of carbonyl (C=O) groups is 1. The minimum absolute atomic E-state index is 0.00562. The number of hydrogen-bond acceptors (Lipinski definition) is 3. The molecule has 0 aromatic carbocycles. The van der Waals surface area contributed by atoms with Gasteiger partial charge in [0.15, 0.2) is 0 Å². The fraction of sp³-hybridized carbons (Fsp3) is 0.909. The number of nitrogens with zero attached hydrogens (tertiary/aromatic N) is 1. The smallest absolute Gasteiger partial charge is 0.317 e. The fourth-order valence-corrected chi connectivity index (χ4v) is 1.49. The van der Waals surface area contributed by atoms with Crippen LogP contribution in [0.15, 0.2) is 0 Å². The van der Waals surface area contributed by atoms with Crippen molar-refractivity contribution in [1.29, 1.82) is 0 Å². The minimum atomic E-state index is -0.845. The van der Waals surface area contributed by atoms with Gasteiger partial charge in [-0.15, -0.1) is 0 Å². The molecule has 0 bridgehead atoms. The second-order valence-electron chi connectivity index (χ2n) is 4.81. The van der Waals surface area contributed by atoms with Crippen molar-refractivity contribution in [2.24, 2.45) is 5.92 Å². The van der Waals surface area contributed by atoms with Gasteiger partial charge in [0.1, 0.15) is 0 Å². The Morgan fingerprint density at radius 1 is 1.47 bits per heavy atom. The first kappa shape index (κ1) is 14.4. The summed E-state index contributed by atoms with van der Waals surface area (Å²) in [7, 11) is 0. The molecular formula is C11H23NO3. The van der Waals surface area contributed by atoms with E-state index in [1.807, 2.05) is 20.8 Å². The number of aliphatic carboxylic acids is 1. The molecule has 0 rings (SSSR count). The van der Waals surface area contributed by atoms with Crippen molar-refractivity contribution in [3.8, 4) is 0 Å². The number of rotatable bonds is 7. The molecule has 90 valence electrons. The summed E-state index contributed by atoms with van der Waals surface area (Å²) in [6.07, 6.45) is 0.626.